The van der Waals surface area contributed by atoms with E-state index in [9.17, 15) is 4.79 Å². The normalized spacial score (nSPS) is 13.6. The summed E-state index contributed by atoms with van der Waals surface area (Å²) >= 11 is 0. The lowest BCUT2D eigenvalue weighted by atomic mass is 9.99. The van der Waals surface area contributed by atoms with E-state index in [2.05, 4.69) is 12.2 Å². The van der Waals surface area contributed by atoms with E-state index in [-0.39, 0.29) is 18.7 Å². The van der Waals surface area contributed by atoms with Crippen molar-refractivity contribution in [1.82, 2.24) is 10.3 Å². The first-order chi connectivity index (χ1) is 13.1. The van der Waals surface area contributed by atoms with Gasteiger partial charge in [0.15, 0.2) is 11.5 Å². The Morgan fingerprint density at radius 1 is 1.19 bits per heavy atom. The van der Waals surface area contributed by atoms with Gasteiger partial charge in [-0.05, 0) is 49.6 Å². The Morgan fingerprint density at radius 3 is 2.78 bits per heavy atom. The van der Waals surface area contributed by atoms with Crippen LogP contribution < -0.4 is 14.8 Å². The number of benzene rings is 2. The highest BCUT2D eigenvalue weighted by Gasteiger charge is 2.21. The number of carbonyl (C=O) groups is 1. The van der Waals surface area contributed by atoms with Gasteiger partial charge in [-0.2, -0.15) is 0 Å². The molecule has 138 valence electrons. The Labute approximate surface area is 158 Å². The maximum Gasteiger partial charge on any atom is 0.252 e. The fourth-order valence-electron chi connectivity index (χ4n) is 3.53. The molecular weight excluding hydrogens is 340 g/mol. The van der Waals surface area contributed by atoms with E-state index in [4.69, 9.17) is 14.5 Å². The largest absolute Gasteiger partial charge is 0.454 e. The molecule has 0 bridgehead atoms. The zero-order valence-electron chi connectivity index (χ0n) is 15.7. The van der Waals surface area contributed by atoms with Crippen LogP contribution in [0.2, 0.25) is 0 Å². The van der Waals surface area contributed by atoms with Crippen LogP contribution in [0.15, 0.2) is 42.5 Å². The van der Waals surface area contributed by atoms with E-state index >= 15 is 0 Å². The number of rotatable bonds is 4. The van der Waals surface area contributed by atoms with Crippen molar-refractivity contribution < 1.29 is 14.3 Å². The van der Waals surface area contributed by atoms with Crippen LogP contribution in [-0.2, 0) is 6.42 Å². The molecule has 0 saturated heterocycles. The second-order valence-corrected chi connectivity index (χ2v) is 6.74. The maximum atomic E-state index is 13.2. The number of hydrogen-bond donors (Lipinski definition) is 1. The molecule has 2 heterocycles. The standard InChI is InChI=1S/C22H22N2O3/c1-4-17-13(2)21(16-7-5-6-8-18(16)24-17)22(25)23-14(3)15-9-10-19-20(11-15)27-12-26-19/h5-11,14H,4,12H2,1-3H3,(H,23,25). The van der Waals surface area contributed by atoms with E-state index in [1.54, 1.807) is 0 Å². The first-order valence-corrected chi connectivity index (χ1v) is 9.17. The van der Waals surface area contributed by atoms with Crippen molar-refractivity contribution in [2.45, 2.75) is 33.2 Å². The molecule has 2 aromatic carbocycles. The number of nitrogens with zero attached hydrogens (tertiary/aromatic N) is 1. The van der Waals surface area contributed by atoms with Crippen LogP contribution in [0.25, 0.3) is 10.9 Å². The van der Waals surface area contributed by atoms with Crippen molar-refractivity contribution in [3.63, 3.8) is 0 Å². The van der Waals surface area contributed by atoms with Crippen molar-refractivity contribution in [3.8, 4) is 11.5 Å². The number of hydrogen-bond acceptors (Lipinski definition) is 4. The Balaban J connectivity index is 1.68. The van der Waals surface area contributed by atoms with E-state index in [1.165, 1.54) is 0 Å². The van der Waals surface area contributed by atoms with Crippen LogP contribution >= 0.6 is 0 Å². The summed E-state index contributed by atoms with van der Waals surface area (Å²) in [6.45, 7) is 6.23. The highest BCUT2D eigenvalue weighted by atomic mass is 16.7. The number of nitrogens with one attached hydrogen (secondary N) is 1. The van der Waals surface area contributed by atoms with Gasteiger partial charge >= 0.3 is 0 Å². The number of ether oxygens (including phenoxy) is 2. The summed E-state index contributed by atoms with van der Waals surface area (Å²) in [6, 6.07) is 13.4. The quantitative estimate of drug-likeness (QED) is 0.751. The molecule has 0 radical (unpaired) electrons. The third kappa shape index (κ3) is 3.10. The number of aryl methyl sites for hydroxylation is 1. The van der Waals surface area contributed by atoms with Crippen LogP contribution in [0.1, 0.15) is 47.1 Å². The fraction of sp³-hybridized carbons (Fsp3) is 0.273. The highest BCUT2D eigenvalue weighted by Crippen LogP contribution is 2.34. The van der Waals surface area contributed by atoms with Crippen molar-refractivity contribution in [1.29, 1.82) is 0 Å². The van der Waals surface area contributed by atoms with Gasteiger partial charge in [-0.1, -0.05) is 31.2 Å². The molecule has 1 amide bonds. The van der Waals surface area contributed by atoms with Crippen molar-refractivity contribution in [2.75, 3.05) is 6.79 Å². The average molecular weight is 362 g/mol. The molecule has 5 nitrogen and oxygen atoms in total. The lowest BCUT2D eigenvalue weighted by Gasteiger charge is -2.18. The third-order valence-electron chi connectivity index (χ3n) is 5.04. The highest BCUT2D eigenvalue weighted by molar-refractivity contribution is 6.07. The number of para-hydroxylation sites is 1. The van der Waals surface area contributed by atoms with E-state index in [1.807, 2.05) is 56.3 Å². The lowest BCUT2D eigenvalue weighted by Crippen LogP contribution is -2.28. The SMILES string of the molecule is CCc1nc2ccccc2c(C(=O)NC(C)c2ccc3c(c2)OCO3)c1C. The van der Waals surface area contributed by atoms with Gasteiger partial charge in [-0.25, -0.2) is 0 Å². The smallest absolute Gasteiger partial charge is 0.252 e. The second kappa shape index (κ2) is 6.91. The van der Waals surface area contributed by atoms with Crippen molar-refractivity contribution >= 4 is 16.8 Å². The Bertz CT molecular complexity index is 1030. The Kier molecular flexibility index (Phi) is 4.44. The molecule has 1 unspecified atom stereocenters. The predicted molar refractivity (Wildman–Crippen MR) is 104 cm³/mol. The number of pyridine rings is 1. The monoisotopic (exact) mass is 362 g/mol. The maximum absolute atomic E-state index is 13.2. The van der Waals surface area contributed by atoms with E-state index < -0.39 is 0 Å². The third-order valence-corrected chi connectivity index (χ3v) is 5.04. The zero-order valence-corrected chi connectivity index (χ0v) is 15.7. The number of fused-ring (bicyclic) bond motifs is 2. The molecular formula is C22H22N2O3. The first kappa shape index (κ1) is 17.3. The predicted octanol–water partition coefficient (Wildman–Crippen LogP) is 4.33. The molecule has 0 spiro atoms. The molecule has 3 aromatic rings. The number of aromatic nitrogens is 1. The minimum Gasteiger partial charge on any atom is -0.454 e. The fourth-order valence-corrected chi connectivity index (χ4v) is 3.53. The van der Waals surface area contributed by atoms with Crippen molar-refractivity contribution in [3.05, 3.63) is 64.8 Å². The van der Waals surface area contributed by atoms with Gasteiger partial charge in [0, 0.05) is 11.1 Å². The summed E-state index contributed by atoms with van der Waals surface area (Å²) in [5.74, 6) is 1.36. The number of amides is 1. The minimum absolute atomic E-state index is 0.0917. The van der Waals surface area contributed by atoms with Gasteiger partial charge in [0.25, 0.3) is 5.91 Å². The van der Waals surface area contributed by atoms with Gasteiger partial charge in [0.1, 0.15) is 0 Å². The van der Waals surface area contributed by atoms with Gasteiger partial charge < -0.3 is 14.8 Å². The molecule has 0 saturated carbocycles. The molecule has 1 aliphatic rings. The summed E-state index contributed by atoms with van der Waals surface area (Å²) in [5, 5.41) is 4.00. The summed E-state index contributed by atoms with van der Waals surface area (Å²) in [4.78, 5) is 17.9. The van der Waals surface area contributed by atoms with Crippen LogP contribution in [0.5, 0.6) is 11.5 Å². The average Bonchev–Trinajstić information content (AvgIpc) is 3.15. The zero-order chi connectivity index (χ0) is 19.0. The van der Waals surface area contributed by atoms with Crippen LogP contribution in [0.4, 0.5) is 0 Å². The molecule has 5 heteroatoms. The first-order valence-electron chi connectivity index (χ1n) is 9.17. The molecule has 1 atom stereocenters. The Morgan fingerprint density at radius 2 is 1.96 bits per heavy atom. The van der Waals surface area contributed by atoms with E-state index in [0.717, 1.165) is 39.9 Å². The van der Waals surface area contributed by atoms with Gasteiger partial charge in [-0.3, -0.25) is 9.78 Å². The lowest BCUT2D eigenvalue weighted by molar-refractivity contribution is 0.0940. The summed E-state index contributed by atoms with van der Waals surface area (Å²) < 4.78 is 10.8. The van der Waals surface area contributed by atoms with Gasteiger partial charge in [0.05, 0.1) is 17.1 Å². The van der Waals surface area contributed by atoms with Crippen LogP contribution in [-0.4, -0.2) is 17.7 Å². The van der Waals surface area contributed by atoms with Crippen LogP contribution in [0, 0.1) is 6.92 Å². The molecule has 0 aliphatic carbocycles. The topological polar surface area (TPSA) is 60.5 Å². The van der Waals surface area contributed by atoms with Gasteiger partial charge in [-0.15, -0.1) is 0 Å². The minimum atomic E-state index is -0.164. The van der Waals surface area contributed by atoms with Crippen LogP contribution in [0.3, 0.4) is 0 Å². The van der Waals surface area contributed by atoms with E-state index in [0.29, 0.717) is 11.3 Å². The summed E-state index contributed by atoms with van der Waals surface area (Å²) in [7, 11) is 0. The molecule has 27 heavy (non-hydrogen) atoms. The Hall–Kier alpha value is -3.08. The summed E-state index contributed by atoms with van der Waals surface area (Å²) in [5.41, 5.74) is 4.41. The summed E-state index contributed by atoms with van der Waals surface area (Å²) in [6.07, 6.45) is 0.786. The molecule has 0 fully saturated rings. The van der Waals surface area contributed by atoms with Crippen molar-refractivity contribution in [2.24, 2.45) is 0 Å². The molecule has 4 rings (SSSR count). The molecule has 1 N–H and O–H groups in total. The number of carbonyl (C=O) groups excluding carboxylic acids is 1. The molecule has 1 aromatic heterocycles. The van der Waals surface area contributed by atoms with Gasteiger partial charge in [0.2, 0.25) is 6.79 Å². The molecule has 1 aliphatic heterocycles. The second-order valence-electron chi connectivity index (χ2n) is 6.74.